The lowest BCUT2D eigenvalue weighted by atomic mass is 10.1. The van der Waals surface area contributed by atoms with Gasteiger partial charge in [-0.05, 0) is 61.2 Å². The summed E-state index contributed by atoms with van der Waals surface area (Å²) in [5, 5.41) is 3.05. The number of urea groups is 1. The molecule has 3 heterocycles. The fourth-order valence-electron chi connectivity index (χ4n) is 3.97. The van der Waals surface area contributed by atoms with Crippen molar-refractivity contribution in [3.63, 3.8) is 0 Å². The van der Waals surface area contributed by atoms with Crippen molar-refractivity contribution in [3.05, 3.63) is 54.4 Å². The Bertz CT molecular complexity index is 750. The van der Waals surface area contributed by atoms with Crippen molar-refractivity contribution in [1.29, 1.82) is 0 Å². The summed E-state index contributed by atoms with van der Waals surface area (Å²) in [7, 11) is 0. The molecule has 4 rings (SSSR count). The highest BCUT2D eigenvalue weighted by Crippen LogP contribution is 2.22. The van der Waals surface area contributed by atoms with E-state index in [-0.39, 0.29) is 6.03 Å². The number of hydrogen-bond acceptors (Lipinski definition) is 4. The molecule has 0 spiro atoms. The Kier molecular flexibility index (Phi) is 6.07. The Balaban J connectivity index is 1.25. The van der Waals surface area contributed by atoms with Crippen LogP contribution in [0.5, 0.6) is 0 Å². The zero-order valence-corrected chi connectivity index (χ0v) is 16.4. The number of piperazine rings is 1. The standard InChI is InChI=1S/C22H29N5O/c28-22(24-20-4-6-21(7-5-20)26-12-2-1-3-13-26)27-16-14-25(15-17-27)18-19-8-10-23-11-9-19/h4-11H,1-3,12-18H2,(H,24,28). The summed E-state index contributed by atoms with van der Waals surface area (Å²) in [6, 6.07) is 12.4. The summed E-state index contributed by atoms with van der Waals surface area (Å²) in [5.74, 6) is 0. The number of benzene rings is 1. The van der Waals surface area contributed by atoms with Crippen LogP contribution in [0.2, 0.25) is 0 Å². The number of carbonyl (C=O) groups is 1. The molecule has 0 unspecified atom stereocenters. The van der Waals surface area contributed by atoms with Crippen LogP contribution >= 0.6 is 0 Å². The average molecular weight is 380 g/mol. The third kappa shape index (κ3) is 4.81. The van der Waals surface area contributed by atoms with Crippen molar-refractivity contribution in [2.75, 3.05) is 49.5 Å². The van der Waals surface area contributed by atoms with Crippen molar-refractivity contribution in [2.24, 2.45) is 0 Å². The van der Waals surface area contributed by atoms with Crippen LogP contribution in [0.15, 0.2) is 48.8 Å². The maximum absolute atomic E-state index is 12.6. The van der Waals surface area contributed by atoms with Crippen LogP contribution in [-0.2, 0) is 6.54 Å². The number of carbonyl (C=O) groups excluding carboxylic acids is 1. The van der Waals surface area contributed by atoms with Gasteiger partial charge in [0.15, 0.2) is 0 Å². The minimum absolute atomic E-state index is 0.00529. The smallest absolute Gasteiger partial charge is 0.321 e. The van der Waals surface area contributed by atoms with E-state index in [0.717, 1.165) is 51.5 Å². The van der Waals surface area contributed by atoms with E-state index in [0.29, 0.717) is 0 Å². The first-order valence-corrected chi connectivity index (χ1v) is 10.3. The van der Waals surface area contributed by atoms with Crippen molar-refractivity contribution < 1.29 is 4.79 Å². The summed E-state index contributed by atoms with van der Waals surface area (Å²) in [4.78, 5) is 23.4. The molecule has 0 saturated carbocycles. The highest BCUT2D eigenvalue weighted by atomic mass is 16.2. The van der Waals surface area contributed by atoms with E-state index in [1.807, 2.05) is 41.6 Å². The molecule has 1 aromatic carbocycles. The van der Waals surface area contributed by atoms with Gasteiger partial charge in [0.05, 0.1) is 0 Å². The Morgan fingerprint density at radius 1 is 0.857 bits per heavy atom. The van der Waals surface area contributed by atoms with Gasteiger partial charge in [0.1, 0.15) is 0 Å². The van der Waals surface area contributed by atoms with Gasteiger partial charge in [-0.15, -0.1) is 0 Å². The predicted molar refractivity (Wildman–Crippen MR) is 113 cm³/mol. The van der Waals surface area contributed by atoms with Gasteiger partial charge in [-0.1, -0.05) is 0 Å². The third-order valence-corrected chi connectivity index (χ3v) is 5.65. The Morgan fingerprint density at radius 2 is 1.54 bits per heavy atom. The molecule has 1 N–H and O–H groups in total. The van der Waals surface area contributed by atoms with Gasteiger partial charge in [-0.3, -0.25) is 9.88 Å². The molecule has 0 bridgehead atoms. The number of aromatic nitrogens is 1. The van der Waals surface area contributed by atoms with E-state index in [1.165, 1.54) is 30.5 Å². The quantitative estimate of drug-likeness (QED) is 0.884. The highest BCUT2D eigenvalue weighted by Gasteiger charge is 2.21. The van der Waals surface area contributed by atoms with Gasteiger partial charge >= 0.3 is 6.03 Å². The molecule has 2 aliphatic rings. The van der Waals surface area contributed by atoms with E-state index in [2.05, 4.69) is 32.2 Å². The summed E-state index contributed by atoms with van der Waals surface area (Å²) in [6.07, 6.45) is 7.53. The molecule has 2 aromatic rings. The summed E-state index contributed by atoms with van der Waals surface area (Å²) < 4.78 is 0. The lowest BCUT2D eigenvalue weighted by Gasteiger charge is -2.34. The van der Waals surface area contributed by atoms with Gasteiger partial charge in [-0.2, -0.15) is 0 Å². The molecule has 6 nitrogen and oxygen atoms in total. The lowest BCUT2D eigenvalue weighted by Crippen LogP contribution is -2.49. The minimum atomic E-state index is -0.00529. The number of pyridine rings is 1. The molecule has 6 heteroatoms. The van der Waals surface area contributed by atoms with E-state index >= 15 is 0 Å². The van der Waals surface area contributed by atoms with Gasteiger partial charge in [0.25, 0.3) is 0 Å². The van der Waals surface area contributed by atoms with Crippen molar-refractivity contribution in [2.45, 2.75) is 25.8 Å². The maximum atomic E-state index is 12.6. The Hall–Kier alpha value is -2.60. The van der Waals surface area contributed by atoms with E-state index in [4.69, 9.17) is 0 Å². The Morgan fingerprint density at radius 3 is 2.21 bits per heavy atom. The second-order valence-corrected chi connectivity index (χ2v) is 7.64. The molecule has 2 saturated heterocycles. The highest BCUT2D eigenvalue weighted by molar-refractivity contribution is 5.89. The topological polar surface area (TPSA) is 51.7 Å². The largest absolute Gasteiger partial charge is 0.372 e. The number of anilines is 2. The molecule has 0 radical (unpaired) electrons. The van der Waals surface area contributed by atoms with Crippen molar-refractivity contribution in [3.8, 4) is 0 Å². The average Bonchev–Trinajstić information content (AvgIpc) is 2.76. The molecule has 28 heavy (non-hydrogen) atoms. The van der Waals surface area contributed by atoms with Gasteiger partial charge in [0.2, 0.25) is 0 Å². The van der Waals surface area contributed by atoms with Crippen LogP contribution in [0.3, 0.4) is 0 Å². The van der Waals surface area contributed by atoms with Crippen molar-refractivity contribution in [1.82, 2.24) is 14.8 Å². The van der Waals surface area contributed by atoms with E-state index in [9.17, 15) is 4.79 Å². The molecule has 2 aliphatic heterocycles. The fourth-order valence-corrected chi connectivity index (χ4v) is 3.97. The number of rotatable bonds is 4. The number of amides is 2. The summed E-state index contributed by atoms with van der Waals surface area (Å²) in [6.45, 7) is 6.47. The van der Waals surface area contributed by atoms with Gasteiger partial charge in [-0.25, -0.2) is 4.79 Å². The number of nitrogens with one attached hydrogen (secondary N) is 1. The predicted octanol–water partition coefficient (Wildman–Crippen LogP) is 3.42. The van der Waals surface area contributed by atoms with E-state index in [1.54, 1.807) is 0 Å². The van der Waals surface area contributed by atoms with Crippen LogP contribution in [-0.4, -0.2) is 60.1 Å². The first-order chi connectivity index (χ1) is 13.8. The minimum Gasteiger partial charge on any atom is -0.372 e. The number of nitrogens with zero attached hydrogens (tertiary/aromatic N) is 4. The molecular weight excluding hydrogens is 350 g/mol. The molecule has 0 aliphatic carbocycles. The second-order valence-electron chi connectivity index (χ2n) is 7.64. The molecule has 1 aromatic heterocycles. The third-order valence-electron chi connectivity index (χ3n) is 5.65. The zero-order chi connectivity index (χ0) is 19.2. The normalized spacial score (nSPS) is 18.1. The maximum Gasteiger partial charge on any atom is 0.321 e. The molecule has 148 valence electrons. The van der Waals surface area contributed by atoms with Crippen molar-refractivity contribution >= 4 is 17.4 Å². The fraction of sp³-hybridized carbons (Fsp3) is 0.455. The molecular formula is C22H29N5O. The number of piperidine rings is 1. The van der Waals surface area contributed by atoms with E-state index < -0.39 is 0 Å². The van der Waals surface area contributed by atoms with Crippen LogP contribution < -0.4 is 10.2 Å². The second kappa shape index (κ2) is 9.06. The first-order valence-electron chi connectivity index (χ1n) is 10.3. The van der Waals surface area contributed by atoms with Crippen LogP contribution in [0.25, 0.3) is 0 Å². The summed E-state index contributed by atoms with van der Waals surface area (Å²) >= 11 is 0. The summed E-state index contributed by atoms with van der Waals surface area (Å²) in [5.41, 5.74) is 3.38. The van der Waals surface area contributed by atoms with Crippen LogP contribution in [0.4, 0.5) is 16.2 Å². The van der Waals surface area contributed by atoms with Crippen LogP contribution in [0.1, 0.15) is 24.8 Å². The van der Waals surface area contributed by atoms with Crippen LogP contribution in [0, 0.1) is 0 Å². The molecule has 0 atom stereocenters. The monoisotopic (exact) mass is 379 g/mol. The SMILES string of the molecule is O=C(Nc1ccc(N2CCCCC2)cc1)N1CCN(Cc2ccncc2)CC1. The lowest BCUT2D eigenvalue weighted by molar-refractivity contribution is 0.143. The number of hydrogen-bond donors (Lipinski definition) is 1. The van der Waals surface area contributed by atoms with Gasteiger partial charge < -0.3 is 15.1 Å². The molecule has 2 amide bonds. The zero-order valence-electron chi connectivity index (χ0n) is 16.4. The Labute approximate surface area is 167 Å². The first kappa shape index (κ1) is 18.7. The van der Waals surface area contributed by atoms with Gasteiger partial charge in [0, 0.05) is 69.6 Å². The molecule has 2 fully saturated rings.